The Bertz CT molecular complexity index is 728. The second-order valence-corrected chi connectivity index (χ2v) is 6.10. The van der Waals surface area contributed by atoms with Crippen molar-refractivity contribution < 1.29 is 22.6 Å². The van der Waals surface area contributed by atoms with E-state index >= 15 is 0 Å². The van der Waals surface area contributed by atoms with Gasteiger partial charge in [-0.2, -0.15) is 0 Å². The number of benzene rings is 1. The van der Waals surface area contributed by atoms with Gasteiger partial charge in [0, 0.05) is 16.5 Å². The van der Waals surface area contributed by atoms with E-state index in [-0.39, 0.29) is 17.3 Å². The largest absolute Gasteiger partial charge is 0.573 e. The maximum absolute atomic E-state index is 12.5. The predicted octanol–water partition coefficient (Wildman–Crippen LogP) is 4.55. The number of pyridine rings is 1. The molecule has 130 valence electrons. The van der Waals surface area contributed by atoms with Crippen molar-refractivity contribution in [3.63, 3.8) is 0 Å². The summed E-state index contributed by atoms with van der Waals surface area (Å²) in [5.41, 5.74) is 5.95. The van der Waals surface area contributed by atoms with Crippen molar-refractivity contribution in [1.29, 1.82) is 0 Å². The molecule has 1 aromatic heterocycles. The van der Waals surface area contributed by atoms with E-state index in [1.165, 1.54) is 19.2 Å². The summed E-state index contributed by atoms with van der Waals surface area (Å²) < 4.78 is 46.7. The fourth-order valence-electron chi connectivity index (χ4n) is 2.23. The van der Waals surface area contributed by atoms with Crippen LogP contribution < -0.4 is 15.2 Å². The molecule has 0 unspecified atom stereocenters. The quantitative estimate of drug-likeness (QED) is 0.869. The Morgan fingerprint density at radius 2 is 1.67 bits per heavy atom. The molecule has 0 atom stereocenters. The molecular weight excluding hydrogens is 345 g/mol. The first-order chi connectivity index (χ1) is 11.0. The SMILES string of the molecule is COc1cc(OC(F)(F)F)cc(C(C)(C)c2cc(Cl)cc(N)n2)c1. The monoisotopic (exact) mass is 360 g/mol. The van der Waals surface area contributed by atoms with Crippen LogP contribution in [0, 0.1) is 0 Å². The van der Waals surface area contributed by atoms with Crippen molar-refractivity contribution in [1.82, 2.24) is 4.98 Å². The van der Waals surface area contributed by atoms with E-state index in [1.807, 2.05) is 0 Å². The van der Waals surface area contributed by atoms with E-state index in [1.54, 1.807) is 26.0 Å². The summed E-state index contributed by atoms with van der Waals surface area (Å²) in [4.78, 5) is 4.23. The minimum Gasteiger partial charge on any atom is -0.497 e. The summed E-state index contributed by atoms with van der Waals surface area (Å²) in [6.07, 6.45) is -4.80. The lowest BCUT2D eigenvalue weighted by Gasteiger charge is -2.26. The Balaban J connectivity index is 2.54. The van der Waals surface area contributed by atoms with Gasteiger partial charge in [0.1, 0.15) is 17.3 Å². The van der Waals surface area contributed by atoms with Crippen LogP contribution in [0.1, 0.15) is 25.1 Å². The molecule has 0 spiro atoms. The topological polar surface area (TPSA) is 57.4 Å². The Labute approximate surface area is 142 Å². The fourth-order valence-corrected chi connectivity index (χ4v) is 2.44. The smallest absolute Gasteiger partial charge is 0.497 e. The van der Waals surface area contributed by atoms with E-state index in [4.69, 9.17) is 22.1 Å². The normalized spacial score (nSPS) is 12.1. The molecule has 0 aliphatic rings. The first-order valence-corrected chi connectivity index (χ1v) is 7.28. The Kier molecular flexibility index (Phi) is 4.85. The summed E-state index contributed by atoms with van der Waals surface area (Å²) in [7, 11) is 1.36. The maximum atomic E-state index is 12.5. The van der Waals surface area contributed by atoms with Crippen LogP contribution in [0.15, 0.2) is 30.3 Å². The molecule has 2 aromatic rings. The van der Waals surface area contributed by atoms with Crippen molar-refractivity contribution in [2.75, 3.05) is 12.8 Å². The lowest BCUT2D eigenvalue weighted by Crippen LogP contribution is -2.22. The van der Waals surface area contributed by atoms with Crippen molar-refractivity contribution in [2.45, 2.75) is 25.6 Å². The lowest BCUT2D eigenvalue weighted by molar-refractivity contribution is -0.274. The number of ether oxygens (including phenoxy) is 2. The third-order valence-electron chi connectivity index (χ3n) is 3.52. The van der Waals surface area contributed by atoms with Crippen LogP contribution >= 0.6 is 11.6 Å². The standard InChI is InChI=1S/C16H16ClF3N2O2/c1-15(2,13-6-10(17)7-14(21)22-13)9-4-11(23-3)8-12(5-9)24-16(18,19)20/h4-8H,1-3H3,(H2,21,22). The lowest BCUT2D eigenvalue weighted by atomic mass is 9.81. The molecule has 0 saturated heterocycles. The number of hydrogen-bond acceptors (Lipinski definition) is 4. The Hall–Kier alpha value is -2.15. The van der Waals surface area contributed by atoms with Gasteiger partial charge in [-0.1, -0.05) is 25.4 Å². The molecule has 24 heavy (non-hydrogen) atoms. The number of nitrogens with two attached hydrogens (primary N) is 1. The van der Waals surface area contributed by atoms with Crippen LogP contribution in [0.3, 0.4) is 0 Å². The summed E-state index contributed by atoms with van der Waals surface area (Å²) in [6.45, 7) is 3.58. The van der Waals surface area contributed by atoms with E-state index in [9.17, 15) is 13.2 Å². The number of nitrogens with zero attached hydrogens (tertiary/aromatic N) is 1. The highest BCUT2D eigenvalue weighted by Gasteiger charge is 2.33. The molecule has 0 amide bonds. The summed E-state index contributed by atoms with van der Waals surface area (Å²) in [5.74, 6) is 0.0787. The summed E-state index contributed by atoms with van der Waals surface area (Å²) >= 11 is 6.00. The number of aromatic nitrogens is 1. The zero-order valence-corrected chi connectivity index (χ0v) is 14.0. The molecule has 0 aliphatic carbocycles. The number of anilines is 1. The highest BCUT2D eigenvalue weighted by atomic mass is 35.5. The van der Waals surface area contributed by atoms with Crippen molar-refractivity contribution in [3.8, 4) is 11.5 Å². The second kappa shape index (κ2) is 6.39. The molecule has 2 N–H and O–H groups in total. The minimum atomic E-state index is -4.80. The predicted molar refractivity (Wildman–Crippen MR) is 85.5 cm³/mol. The van der Waals surface area contributed by atoms with Crippen molar-refractivity contribution >= 4 is 17.4 Å². The third-order valence-corrected chi connectivity index (χ3v) is 3.74. The summed E-state index contributed by atoms with van der Waals surface area (Å²) in [6, 6.07) is 7.16. The van der Waals surface area contributed by atoms with Crippen LogP contribution in [0.25, 0.3) is 0 Å². The minimum absolute atomic E-state index is 0.222. The van der Waals surface area contributed by atoms with Crippen molar-refractivity contribution in [2.24, 2.45) is 0 Å². The number of nitrogen functional groups attached to an aromatic ring is 1. The Morgan fingerprint density at radius 3 is 2.21 bits per heavy atom. The zero-order chi connectivity index (χ0) is 18.1. The first kappa shape index (κ1) is 18.2. The van der Waals surface area contributed by atoms with E-state index in [2.05, 4.69) is 9.72 Å². The van der Waals surface area contributed by atoms with Crippen LogP contribution in [0.2, 0.25) is 5.02 Å². The number of hydrogen-bond donors (Lipinski definition) is 1. The molecule has 1 aromatic carbocycles. The van der Waals surface area contributed by atoms with Crippen LogP contribution in [-0.4, -0.2) is 18.5 Å². The molecular formula is C16H16ClF3N2O2. The molecule has 0 bridgehead atoms. The highest BCUT2D eigenvalue weighted by Crippen LogP contribution is 2.37. The highest BCUT2D eigenvalue weighted by molar-refractivity contribution is 6.30. The van der Waals surface area contributed by atoms with E-state index in [0.29, 0.717) is 16.3 Å². The van der Waals surface area contributed by atoms with E-state index < -0.39 is 11.8 Å². The van der Waals surface area contributed by atoms with Gasteiger partial charge in [-0.3, -0.25) is 0 Å². The molecule has 0 saturated carbocycles. The second-order valence-electron chi connectivity index (χ2n) is 5.67. The molecule has 2 rings (SSSR count). The Morgan fingerprint density at radius 1 is 1.04 bits per heavy atom. The van der Waals surface area contributed by atoms with Gasteiger partial charge < -0.3 is 15.2 Å². The van der Waals surface area contributed by atoms with Gasteiger partial charge in [-0.25, -0.2) is 4.98 Å². The summed E-state index contributed by atoms with van der Waals surface area (Å²) in [5, 5.41) is 0.389. The van der Waals surface area contributed by atoms with Gasteiger partial charge in [0.2, 0.25) is 0 Å². The van der Waals surface area contributed by atoms with E-state index in [0.717, 1.165) is 6.07 Å². The average Bonchev–Trinajstić information content (AvgIpc) is 2.44. The molecule has 0 fully saturated rings. The maximum Gasteiger partial charge on any atom is 0.573 e. The van der Waals surface area contributed by atoms with Gasteiger partial charge in [0.25, 0.3) is 0 Å². The fraction of sp³-hybridized carbons (Fsp3) is 0.312. The number of rotatable bonds is 4. The van der Waals surface area contributed by atoms with Crippen LogP contribution in [-0.2, 0) is 5.41 Å². The number of alkyl halides is 3. The third kappa shape index (κ3) is 4.23. The van der Waals surface area contributed by atoms with Gasteiger partial charge >= 0.3 is 6.36 Å². The van der Waals surface area contributed by atoms with Gasteiger partial charge in [0.15, 0.2) is 0 Å². The van der Waals surface area contributed by atoms with Crippen molar-refractivity contribution in [3.05, 3.63) is 46.6 Å². The molecule has 0 radical (unpaired) electrons. The number of halogens is 4. The van der Waals surface area contributed by atoms with Gasteiger partial charge in [0.05, 0.1) is 12.8 Å². The van der Waals surface area contributed by atoms with Gasteiger partial charge in [-0.15, -0.1) is 13.2 Å². The number of methoxy groups -OCH3 is 1. The average molecular weight is 361 g/mol. The molecule has 0 aliphatic heterocycles. The first-order valence-electron chi connectivity index (χ1n) is 6.90. The van der Waals surface area contributed by atoms with Crippen LogP contribution in [0.4, 0.5) is 19.0 Å². The van der Waals surface area contributed by atoms with Crippen LogP contribution in [0.5, 0.6) is 11.5 Å². The molecule has 4 nitrogen and oxygen atoms in total. The molecule has 1 heterocycles. The zero-order valence-electron chi connectivity index (χ0n) is 13.2. The van der Waals surface area contributed by atoms with Gasteiger partial charge in [-0.05, 0) is 29.8 Å². The molecule has 8 heteroatoms.